The van der Waals surface area contributed by atoms with Crippen LogP contribution in [0.1, 0.15) is 52.4 Å². The Hall–Kier alpha value is -1.26. The van der Waals surface area contributed by atoms with Crippen LogP contribution in [0.25, 0.3) is 0 Å². The van der Waals surface area contributed by atoms with Crippen LogP contribution in [0.2, 0.25) is 0 Å². The Balaban J connectivity index is 1.89. The summed E-state index contributed by atoms with van der Waals surface area (Å²) in [5.41, 5.74) is 0.263. The molecule has 5 nitrogen and oxygen atoms in total. The van der Waals surface area contributed by atoms with Gasteiger partial charge in [-0.3, -0.25) is 4.79 Å². The van der Waals surface area contributed by atoms with E-state index in [1.54, 1.807) is 0 Å². The molecule has 2 fully saturated rings. The van der Waals surface area contributed by atoms with Crippen LogP contribution >= 0.6 is 0 Å². The highest BCUT2D eigenvalue weighted by atomic mass is 16.4. The molecular formula is C15H26N2O3. The van der Waals surface area contributed by atoms with Gasteiger partial charge in [0.2, 0.25) is 0 Å². The number of likely N-dealkylation sites (tertiary alicyclic amines) is 1. The number of aliphatic carboxylic acids is 1. The van der Waals surface area contributed by atoms with Crippen molar-refractivity contribution in [3.8, 4) is 0 Å². The minimum Gasteiger partial charge on any atom is -0.481 e. The predicted molar refractivity (Wildman–Crippen MR) is 76.5 cm³/mol. The summed E-state index contributed by atoms with van der Waals surface area (Å²) in [7, 11) is 0. The van der Waals surface area contributed by atoms with E-state index in [2.05, 4.69) is 19.2 Å². The lowest BCUT2D eigenvalue weighted by molar-refractivity contribution is -0.137. The van der Waals surface area contributed by atoms with Gasteiger partial charge in [0.15, 0.2) is 0 Å². The van der Waals surface area contributed by atoms with Crippen molar-refractivity contribution in [2.45, 2.75) is 58.4 Å². The number of hydrogen-bond donors (Lipinski definition) is 2. The normalized spacial score (nSPS) is 22.6. The van der Waals surface area contributed by atoms with Crippen LogP contribution in [0, 0.1) is 11.3 Å². The van der Waals surface area contributed by atoms with Crippen molar-refractivity contribution in [3.63, 3.8) is 0 Å². The molecule has 5 heteroatoms. The Labute approximate surface area is 120 Å². The number of rotatable bonds is 6. The van der Waals surface area contributed by atoms with Gasteiger partial charge in [-0.1, -0.05) is 13.8 Å². The van der Waals surface area contributed by atoms with Gasteiger partial charge in [0.1, 0.15) is 0 Å². The maximum Gasteiger partial charge on any atom is 0.317 e. The van der Waals surface area contributed by atoms with Crippen LogP contribution in [-0.4, -0.2) is 41.1 Å². The second-order valence-electron chi connectivity index (χ2n) is 6.37. The third-order valence-corrected chi connectivity index (χ3v) is 5.12. The van der Waals surface area contributed by atoms with E-state index in [-0.39, 0.29) is 23.9 Å². The van der Waals surface area contributed by atoms with E-state index >= 15 is 0 Å². The van der Waals surface area contributed by atoms with Gasteiger partial charge < -0.3 is 15.3 Å². The predicted octanol–water partition coefficient (Wildman–Crippen LogP) is 2.46. The zero-order valence-corrected chi connectivity index (χ0v) is 12.5. The number of hydrogen-bond acceptors (Lipinski definition) is 2. The standard InChI is InChI=1S/C15H26N2O3/c1-3-15(4-2)7-8-17(10-15)14(20)16-12(9-13(18)19)11-5-6-11/h11-12H,3-10H2,1-2H3,(H,16,20)(H,18,19). The molecule has 0 spiro atoms. The smallest absolute Gasteiger partial charge is 0.317 e. The molecule has 1 unspecified atom stereocenters. The van der Waals surface area contributed by atoms with Gasteiger partial charge in [0, 0.05) is 19.1 Å². The molecule has 20 heavy (non-hydrogen) atoms. The third kappa shape index (κ3) is 3.44. The van der Waals surface area contributed by atoms with E-state index in [1.807, 2.05) is 4.90 Å². The number of nitrogens with one attached hydrogen (secondary N) is 1. The number of carboxylic acid groups (broad SMARTS) is 1. The third-order valence-electron chi connectivity index (χ3n) is 5.12. The summed E-state index contributed by atoms with van der Waals surface area (Å²) < 4.78 is 0. The molecule has 1 aliphatic heterocycles. The van der Waals surface area contributed by atoms with Crippen LogP contribution in [0.15, 0.2) is 0 Å². The molecule has 1 saturated carbocycles. The first kappa shape index (κ1) is 15.1. The Morgan fingerprint density at radius 3 is 2.45 bits per heavy atom. The van der Waals surface area contributed by atoms with Crippen LogP contribution in [0.4, 0.5) is 4.79 Å². The molecule has 1 heterocycles. The first-order valence-electron chi connectivity index (χ1n) is 7.77. The average Bonchev–Trinajstić information content (AvgIpc) is 3.17. The largest absolute Gasteiger partial charge is 0.481 e. The number of carboxylic acids is 1. The molecule has 0 bridgehead atoms. The lowest BCUT2D eigenvalue weighted by Crippen LogP contribution is -2.46. The van der Waals surface area contributed by atoms with E-state index in [0.29, 0.717) is 5.92 Å². The van der Waals surface area contributed by atoms with Crippen molar-refractivity contribution in [1.82, 2.24) is 10.2 Å². The molecule has 2 N–H and O–H groups in total. The summed E-state index contributed by atoms with van der Waals surface area (Å²) in [5, 5.41) is 11.9. The first-order chi connectivity index (χ1) is 9.49. The lowest BCUT2D eigenvalue weighted by atomic mass is 9.82. The first-order valence-corrected chi connectivity index (χ1v) is 7.77. The van der Waals surface area contributed by atoms with Crippen molar-refractivity contribution in [2.24, 2.45) is 11.3 Å². The van der Waals surface area contributed by atoms with Crippen LogP contribution in [-0.2, 0) is 4.79 Å². The Morgan fingerprint density at radius 1 is 1.35 bits per heavy atom. The Kier molecular flexibility index (Phi) is 4.55. The van der Waals surface area contributed by atoms with E-state index < -0.39 is 5.97 Å². The fraction of sp³-hybridized carbons (Fsp3) is 0.867. The summed E-state index contributed by atoms with van der Waals surface area (Å²) in [4.78, 5) is 25.1. The fourth-order valence-electron chi connectivity index (χ4n) is 3.21. The van der Waals surface area contributed by atoms with Gasteiger partial charge in [-0.2, -0.15) is 0 Å². The Bertz CT molecular complexity index is 375. The molecule has 1 saturated heterocycles. The molecule has 1 aliphatic carbocycles. The van der Waals surface area contributed by atoms with Crippen LogP contribution in [0.3, 0.4) is 0 Å². The molecule has 114 valence electrons. The summed E-state index contributed by atoms with van der Waals surface area (Å²) in [6, 6.07) is -0.273. The van der Waals surface area contributed by atoms with Gasteiger partial charge in [-0.15, -0.1) is 0 Å². The molecule has 0 aromatic carbocycles. The van der Waals surface area contributed by atoms with Gasteiger partial charge in [0.25, 0.3) is 0 Å². The highest BCUT2D eigenvalue weighted by Crippen LogP contribution is 2.37. The molecule has 1 atom stereocenters. The zero-order chi connectivity index (χ0) is 14.8. The monoisotopic (exact) mass is 282 g/mol. The van der Waals surface area contributed by atoms with Crippen molar-refractivity contribution in [3.05, 3.63) is 0 Å². The minimum atomic E-state index is -0.833. The maximum absolute atomic E-state index is 12.3. The van der Waals surface area contributed by atoms with Crippen LogP contribution in [0.5, 0.6) is 0 Å². The lowest BCUT2D eigenvalue weighted by Gasteiger charge is -2.27. The molecule has 0 radical (unpaired) electrons. The molecule has 2 amide bonds. The summed E-state index contributed by atoms with van der Waals surface area (Å²) in [6.07, 6.45) is 5.35. The maximum atomic E-state index is 12.3. The van der Waals surface area contributed by atoms with Gasteiger partial charge >= 0.3 is 12.0 Å². The van der Waals surface area contributed by atoms with Crippen molar-refractivity contribution in [1.29, 1.82) is 0 Å². The topological polar surface area (TPSA) is 69.6 Å². The summed E-state index contributed by atoms with van der Waals surface area (Å²) in [5.74, 6) is -0.472. The highest BCUT2D eigenvalue weighted by Gasteiger charge is 2.39. The molecule has 0 aromatic rings. The summed E-state index contributed by atoms with van der Waals surface area (Å²) >= 11 is 0. The van der Waals surface area contributed by atoms with Crippen molar-refractivity contribution in [2.75, 3.05) is 13.1 Å². The SMILES string of the molecule is CCC1(CC)CCN(C(=O)NC(CC(=O)O)C2CC2)C1. The second-order valence-corrected chi connectivity index (χ2v) is 6.37. The number of carbonyl (C=O) groups excluding carboxylic acids is 1. The fourth-order valence-corrected chi connectivity index (χ4v) is 3.21. The number of amides is 2. The van der Waals surface area contributed by atoms with E-state index in [1.165, 1.54) is 0 Å². The number of urea groups is 1. The van der Waals surface area contributed by atoms with Crippen molar-refractivity contribution < 1.29 is 14.7 Å². The van der Waals surface area contributed by atoms with Gasteiger partial charge in [0.05, 0.1) is 6.42 Å². The van der Waals surface area contributed by atoms with E-state index in [4.69, 9.17) is 5.11 Å². The molecular weight excluding hydrogens is 256 g/mol. The summed E-state index contributed by atoms with van der Waals surface area (Å²) in [6.45, 7) is 5.96. The van der Waals surface area contributed by atoms with Gasteiger partial charge in [-0.25, -0.2) is 4.79 Å². The number of carbonyl (C=O) groups is 2. The molecule has 2 rings (SSSR count). The second kappa shape index (κ2) is 6.02. The average molecular weight is 282 g/mol. The minimum absolute atomic E-state index is 0.0386. The van der Waals surface area contributed by atoms with Crippen LogP contribution < -0.4 is 5.32 Å². The highest BCUT2D eigenvalue weighted by molar-refractivity contribution is 5.76. The zero-order valence-electron chi connectivity index (χ0n) is 12.5. The molecule has 0 aromatic heterocycles. The molecule has 2 aliphatic rings. The van der Waals surface area contributed by atoms with E-state index in [0.717, 1.165) is 45.2 Å². The Morgan fingerprint density at radius 2 is 2.00 bits per heavy atom. The van der Waals surface area contributed by atoms with Gasteiger partial charge in [-0.05, 0) is 43.4 Å². The van der Waals surface area contributed by atoms with Crippen molar-refractivity contribution >= 4 is 12.0 Å². The quantitative estimate of drug-likeness (QED) is 0.786. The van der Waals surface area contributed by atoms with E-state index in [9.17, 15) is 9.59 Å². The number of nitrogens with zero attached hydrogens (tertiary/aromatic N) is 1.